The van der Waals surface area contributed by atoms with Crippen molar-refractivity contribution in [1.29, 1.82) is 0 Å². The number of rotatable bonds is 4. The SMILES string of the molecule is COCCCN(C)C.[I][V]([I])[I]. The molecule has 0 aliphatic rings. The van der Waals surface area contributed by atoms with E-state index in [1.165, 1.54) is 0 Å². The average molecular weight is 549 g/mol. The Hall–Kier alpha value is 2.69. The van der Waals surface area contributed by atoms with Crippen molar-refractivity contribution in [3.8, 4) is 0 Å². The fraction of sp³-hybridized carbons (Fsp3) is 1.00. The number of nitrogens with zero attached hydrogens (tertiary/aromatic N) is 1. The maximum atomic E-state index is 4.87. The summed E-state index contributed by atoms with van der Waals surface area (Å²) < 4.78 is 4.87. The van der Waals surface area contributed by atoms with E-state index in [0.29, 0.717) is 0 Å². The van der Waals surface area contributed by atoms with Gasteiger partial charge in [-0.1, -0.05) is 0 Å². The zero-order valence-corrected chi connectivity index (χ0v) is 15.4. The van der Waals surface area contributed by atoms with Crippen molar-refractivity contribution in [2.24, 2.45) is 0 Å². The van der Waals surface area contributed by atoms with Crippen LogP contribution in [-0.2, 0) is 9.66 Å². The minimum absolute atomic E-state index is 0.278. The minimum atomic E-state index is -0.278. The van der Waals surface area contributed by atoms with Gasteiger partial charge in [-0.25, -0.2) is 0 Å². The van der Waals surface area contributed by atoms with Gasteiger partial charge in [-0.2, -0.15) is 0 Å². The number of methoxy groups -OCH3 is 1. The summed E-state index contributed by atoms with van der Waals surface area (Å²) in [5, 5.41) is 0. The summed E-state index contributed by atoms with van der Waals surface area (Å²) in [5.41, 5.74) is 0. The van der Waals surface area contributed by atoms with Crippen molar-refractivity contribution in [3.63, 3.8) is 0 Å². The molecule has 0 N–H and O–H groups in total. The van der Waals surface area contributed by atoms with Gasteiger partial charge in [-0.3, -0.25) is 0 Å². The van der Waals surface area contributed by atoms with Gasteiger partial charge in [0.05, 0.1) is 0 Å². The van der Waals surface area contributed by atoms with Gasteiger partial charge >= 0.3 is 64.9 Å². The molecule has 0 fully saturated rings. The molecule has 12 heavy (non-hydrogen) atoms. The van der Waals surface area contributed by atoms with Gasteiger partial charge in [0.15, 0.2) is 0 Å². The first-order valence-corrected chi connectivity index (χ1v) is 16.9. The van der Waals surface area contributed by atoms with E-state index in [1.54, 1.807) is 7.11 Å². The second-order valence-corrected chi connectivity index (χ2v) is 37.7. The predicted molar refractivity (Wildman–Crippen MR) is 77.1 cm³/mol. The fourth-order valence-electron chi connectivity index (χ4n) is 0.525. The second kappa shape index (κ2) is 13.7. The summed E-state index contributed by atoms with van der Waals surface area (Å²) in [5.74, 6) is 0. The zero-order valence-electron chi connectivity index (χ0n) is 7.56. The topological polar surface area (TPSA) is 12.5 Å². The van der Waals surface area contributed by atoms with Gasteiger partial charge in [0, 0.05) is 13.7 Å². The van der Waals surface area contributed by atoms with Crippen molar-refractivity contribution < 1.29 is 9.66 Å². The second-order valence-electron chi connectivity index (χ2n) is 2.34. The van der Waals surface area contributed by atoms with E-state index < -0.39 is 0 Å². The summed E-state index contributed by atoms with van der Waals surface area (Å²) in [6, 6.07) is 0. The number of hydrogen-bond donors (Lipinski definition) is 0. The van der Waals surface area contributed by atoms with E-state index in [0.717, 1.165) is 19.6 Å². The van der Waals surface area contributed by atoms with Crippen molar-refractivity contribution in [2.75, 3.05) is 34.4 Å². The molecule has 0 saturated heterocycles. The van der Waals surface area contributed by atoms with E-state index in [2.05, 4.69) is 78.9 Å². The molecular weight excluding hydrogens is 534 g/mol. The first-order chi connectivity index (χ1) is 5.50. The number of halogens is 3. The summed E-state index contributed by atoms with van der Waals surface area (Å²) >= 11 is 7.39. The van der Waals surface area contributed by atoms with Crippen LogP contribution in [0.1, 0.15) is 6.42 Å². The molecule has 0 spiro atoms. The third-order valence-corrected chi connectivity index (χ3v) is 0.954. The summed E-state index contributed by atoms with van der Waals surface area (Å²) in [6.07, 6.45) is 1.13. The van der Waals surface area contributed by atoms with Crippen LogP contribution in [0.4, 0.5) is 0 Å². The quantitative estimate of drug-likeness (QED) is 0.395. The molecule has 0 aromatic rings. The molecule has 0 unspecified atom stereocenters. The number of ether oxygens (including phenoxy) is 1. The van der Waals surface area contributed by atoms with Crippen LogP contribution in [0.3, 0.4) is 0 Å². The fourth-order valence-corrected chi connectivity index (χ4v) is 0.525. The van der Waals surface area contributed by atoms with Crippen molar-refractivity contribution in [2.45, 2.75) is 6.42 Å². The van der Waals surface area contributed by atoms with E-state index in [1.807, 2.05) is 0 Å². The third kappa shape index (κ3) is 29.3. The molecule has 0 heterocycles. The average Bonchev–Trinajstić information content (AvgIpc) is 1.86. The first kappa shape index (κ1) is 17.1. The molecule has 0 saturated carbocycles. The summed E-state index contributed by atoms with van der Waals surface area (Å²) in [6.45, 7) is 1.99. The van der Waals surface area contributed by atoms with Crippen LogP contribution in [0.15, 0.2) is 0 Å². The Morgan fingerprint density at radius 3 is 1.92 bits per heavy atom. The Kier molecular flexibility index (Phi) is 19.5. The molecule has 76 valence electrons. The zero-order chi connectivity index (χ0) is 9.98. The number of hydrogen-bond acceptors (Lipinski definition) is 2. The van der Waals surface area contributed by atoms with Gasteiger partial charge in [0.25, 0.3) is 0 Å². The monoisotopic (exact) mass is 549 g/mol. The van der Waals surface area contributed by atoms with E-state index in [4.69, 9.17) is 4.74 Å². The molecule has 0 bridgehead atoms. The van der Waals surface area contributed by atoms with Crippen molar-refractivity contribution in [1.82, 2.24) is 4.90 Å². The van der Waals surface area contributed by atoms with E-state index >= 15 is 0 Å². The van der Waals surface area contributed by atoms with Crippen LogP contribution in [0, 0.1) is 0 Å². The van der Waals surface area contributed by atoms with Gasteiger partial charge in [-0.15, -0.1) is 0 Å². The van der Waals surface area contributed by atoms with E-state index in [-0.39, 0.29) is 4.92 Å². The van der Waals surface area contributed by atoms with Crippen molar-refractivity contribution >= 4 is 59.9 Å². The molecule has 0 aliphatic carbocycles. The van der Waals surface area contributed by atoms with Crippen LogP contribution < -0.4 is 0 Å². The van der Waals surface area contributed by atoms with Crippen molar-refractivity contribution in [3.05, 3.63) is 0 Å². The molecule has 6 heteroatoms. The predicted octanol–water partition coefficient (Wildman–Crippen LogP) is 3.24. The van der Waals surface area contributed by atoms with Crippen LogP contribution in [0.2, 0.25) is 0 Å². The van der Waals surface area contributed by atoms with Gasteiger partial charge in [-0.05, 0) is 27.1 Å². The molecule has 0 rings (SSSR count). The molecular formula is C6H15I3NOV. The van der Waals surface area contributed by atoms with Gasteiger partial charge < -0.3 is 9.64 Å². The van der Waals surface area contributed by atoms with E-state index in [9.17, 15) is 0 Å². The van der Waals surface area contributed by atoms with Crippen LogP contribution in [-0.4, -0.2) is 39.3 Å². The summed E-state index contributed by atoms with van der Waals surface area (Å²) in [7, 11) is 5.86. The Morgan fingerprint density at radius 2 is 1.67 bits per heavy atom. The Balaban J connectivity index is 0. The van der Waals surface area contributed by atoms with Gasteiger partial charge in [0.1, 0.15) is 0 Å². The molecule has 0 radical (unpaired) electrons. The van der Waals surface area contributed by atoms with Crippen LogP contribution in [0.5, 0.6) is 0 Å². The molecule has 2 nitrogen and oxygen atoms in total. The van der Waals surface area contributed by atoms with Crippen LogP contribution >= 0.6 is 59.9 Å². The Bertz CT molecular complexity index is 82.4. The Labute approximate surface area is 113 Å². The van der Waals surface area contributed by atoms with Crippen LogP contribution in [0.25, 0.3) is 0 Å². The maximum absolute atomic E-state index is 4.87. The molecule has 0 amide bonds. The Morgan fingerprint density at radius 1 is 1.25 bits per heavy atom. The molecule has 0 aromatic heterocycles. The standard InChI is InChI=1S/C6H15NO.3HI.V/c1-7(2)5-4-6-8-3;;;;/h4-6H2,1-3H3;3*1H;/q;;;;+3/p-3. The third-order valence-electron chi connectivity index (χ3n) is 0.954. The first-order valence-electron chi connectivity index (χ1n) is 3.41. The normalized spacial score (nSPS) is 10.0. The molecule has 0 atom stereocenters. The molecule has 0 aliphatic heterocycles. The summed E-state index contributed by atoms with van der Waals surface area (Å²) in [4.78, 5) is 1.87. The van der Waals surface area contributed by atoms with Gasteiger partial charge in [0.2, 0.25) is 0 Å². The molecule has 0 aromatic carbocycles.